The summed E-state index contributed by atoms with van der Waals surface area (Å²) >= 11 is 6.04. The first-order valence-corrected chi connectivity index (χ1v) is 7.62. The third-order valence-electron chi connectivity index (χ3n) is 3.36. The number of nitrogens with one attached hydrogen (secondary N) is 1. The number of furan rings is 1. The predicted octanol–water partition coefficient (Wildman–Crippen LogP) is 4.19. The van der Waals surface area contributed by atoms with Crippen molar-refractivity contribution in [2.75, 3.05) is 11.9 Å². The number of benzene rings is 2. The highest BCUT2D eigenvalue weighted by Crippen LogP contribution is 2.23. The normalized spacial score (nSPS) is 10.6. The Morgan fingerprint density at radius 1 is 1.17 bits per heavy atom. The first-order valence-electron chi connectivity index (χ1n) is 7.24. The molecule has 0 aliphatic rings. The third-order valence-corrected chi connectivity index (χ3v) is 3.67. The summed E-state index contributed by atoms with van der Waals surface area (Å²) in [6, 6.07) is 14.0. The second-order valence-corrected chi connectivity index (χ2v) is 5.66. The number of carbonyl (C=O) groups is 2. The van der Waals surface area contributed by atoms with Crippen LogP contribution in [0.25, 0.3) is 11.0 Å². The molecule has 0 aliphatic heterocycles. The van der Waals surface area contributed by atoms with Gasteiger partial charge in [-0.05, 0) is 36.8 Å². The van der Waals surface area contributed by atoms with Gasteiger partial charge in [0.25, 0.3) is 5.91 Å². The van der Waals surface area contributed by atoms with Gasteiger partial charge in [0.15, 0.2) is 6.61 Å². The molecule has 0 radical (unpaired) electrons. The van der Waals surface area contributed by atoms with Crippen LogP contribution in [0.15, 0.2) is 52.9 Å². The second-order valence-electron chi connectivity index (χ2n) is 5.26. The molecule has 5 nitrogen and oxygen atoms in total. The van der Waals surface area contributed by atoms with E-state index in [1.165, 1.54) is 0 Å². The molecule has 0 aliphatic carbocycles. The Morgan fingerprint density at radius 2 is 1.96 bits per heavy atom. The minimum absolute atomic E-state index is 0.0531. The monoisotopic (exact) mass is 343 g/mol. The Hall–Kier alpha value is -2.79. The van der Waals surface area contributed by atoms with Crippen LogP contribution < -0.4 is 5.32 Å². The van der Waals surface area contributed by atoms with Gasteiger partial charge in [-0.25, -0.2) is 4.79 Å². The maximum Gasteiger partial charge on any atom is 0.374 e. The van der Waals surface area contributed by atoms with Gasteiger partial charge in [0.1, 0.15) is 5.58 Å². The van der Waals surface area contributed by atoms with Gasteiger partial charge in [-0.15, -0.1) is 0 Å². The van der Waals surface area contributed by atoms with Gasteiger partial charge in [0, 0.05) is 5.39 Å². The predicted molar refractivity (Wildman–Crippen MR) is 91.3 cm³/mol. The summed E-state index contributed by atoms with van der Waals surface area (Å²) in [7, 11) is 0. The summed E-state index contributed by atoms with van der Waals surface area (Å²) in [6.07, 6.45) is 0. The van der Waals surface area contributed by atoms with Crippen molar-refractivity contribution in [3.05, 3.63) is 64.9 Å². The largest absolute Gasteiger partial charge is 0.450 e. The highest BCUT2D eigenvalue weighted by Gasteiger charge is 2.15. The molecule has 3 aromatic rings. The molecule has 0 saturated carbocycles. The van der Waals surface area contributed by atoms with Crippen LogP contribution >= 0.6 is 11.6 Å². The van der Waals surface area contributed by atoms with Crippen molar-refractivity contribution in [2.45, 2.75) is 6.92 Å². The van der Waals surface area contributed by atoms with Crippen LogP contribution in [0, 0.1) is 6.92 Å². The van der Waals surface area contributed by atoms with Gasteiger partial charge in [-0.2, -0.15) is 0 Å². The summed E-state index contributed by atoms with van der Waals surface area (Å²) in [4.78, 5) is 23.8. The van der Waals surface area contributed by atoms with E-state index in [0.29, 0.717) is 16.3 Å². The first kappa shape index (κ1) is 16.1. The summed E-state index contributed by atoms with van der Waals surface area (Å²) in [6.45, 7) is 1.46. The number of esters is 1. The Morgan fingerprint density at radius 3 is 2.71 bits per heavy atom. The minimum atomic E-state index is -0.698. The van der Waals surface area contributed by atoms with Crippen molar-refractivity contribution < 1.29 is 18.7 Å². The Balaban J connectivity index is 1.60. The molecule has 6 heteroatoms. The number of anilines is 1. The van der Waals surface area contributed by atoms with Crippen molar-refractivity contribution >= 4 is 40.1 Å². The molecule has 3 rings (SSSR count). The van der Waals surface area contributed by atoms with Crippen LogP contribution in [0.3, 0.4) is 0 Å². The molecule has 122 valence electrons. The van der Waals surface area contributed by atoms with Crippen molar-refractivity contribution in [1.29, 1.82) is 0 Å². The summed E-state index contributed by atoms with van der Waals surface area (Å²) in [5.74, 6) is -1.13. The molecular formula is C18H14ClNO4. The zero-order valence-electron chi connectivity index (χ0n) is 12.8. The molecule has 1 heterocycles. The van der Waals surface area contributed by atoms with E-state index in [4.69, 9.17) is 20.8 Å². The molecule has 0 bridgehead atoms. The molecule has 0 atom stereocenters. The molecule has 2 aromatic carbocycles. The van der Waals surface area contributed by atoms with E-state index < -0.39 is 18.5 Å². The quantitative estimate of drug-likeness (QED) is 0.721. The van der Waals surface area contributed by atoms with Gasteiger partial charge in [-0.1, -0.05) is 35.9 Å². The number of carbonyl (C=O) groups excluding carboxylic acids is 2. The highest BCUT2D eigenvalue weighted by atomic mass is 35.5. The zero-order chi connectivity index (χ0) is 17.1. The van der Waals surface area contributed by atoms with E-state index in [1.807, 2.05) is 25.1 Å². The van der Waals surface area contributed by atoms with Crippen LogP contribution in [0.2, 0.25) is 5.02 Å². The standard InChI is InChI=1S/C18H14ClNO4/c1-11-6-7-14(13(19)8-11)20-17(21)10-23-18(22)16-9-12-4-2-3-5-15(12)24-16/h2-9H,10H2,1H3,(H,20,21). The molecule has 0 fully saturated rings. The molecule has 1 aromatic heterocycles. The lowest BCUT2D eigenvalue weighted by molar-refractivity contribution is -0.119. The van der Waals surface area contributed by atoms with Gasteiger partial charge >= 0.3 is 5.97 Å². The average Bonchev–Trinajstić information content (AvgIpc) is 2.99. The maximum absolute atomic E-state index is 12.0. The Bertz CT molecular complexity index is 883. The van der Waals surface area contributed by atoms with Crippen molar-refractivity contribution in [3.8, 4) is 0 Å². The van der Waals surface area contributed by atoms with Gasteiger partial charge < -0.3 is 14.5 Å². The van der Waals surface area contributed by atoms with E-state index in [0.717, 1.165) is 10.9 Å². The number of hydrogen-bond acceptors (Lipinski definition) is 4. The smallest absolute Gasteiger partial charge is 0.374 e. The average molecular weight is 344 g/mol. The third kappa shape index (κ3) is 3.58. The lowest BCUT2D eigenvalue weighted by Gasteiger charge is -2.08. The lowest BCUT2D eigenvalue weighted by Crippen LogP contribution is -2.20. The fourth-order valence-corrected chi connectivity index (χ4v) is 2.47. The summed E-state index contributed by atoms with van der Waals surface area (Å²) < 4.78 is 10.4. The molecule has 0 spiro atoms. The SMILES string of the molecule is Cc1ccc(NC(=O)COC(=O)c2cc3ccccc3o2)c(Cl)c1. The molecule has 1 N–H and O–H groups in total. The number of fused-ring (bicyclic) bond motifs is 1. The molecule has 0 saturated heterocycles. The minimum Gasteiger partial charge on any atom is -0.450 e. The van der Waals surface area contributed by atoms with E-state index in [-0.39, 0.29) is 5.76 Å². The number of aryl methyl sites for hydroxylation is 1. The summed E-state index contributed by atoms with van der Waals surface area (Å²) in [5.41, 5.74) is 2.03. The number of amides is 1. The van der Waals surface area contributed by atoms with Crippen LogP contribution in [-0.4, -0.2) is 18.5 Å². The van der Waals surface area contributed by atoms with Gasteiger partial charge in [-0.3, -0.25) is 4.79 Å². The number of halogens is 1. The van der Waals surface area contributed by atoms with E-state index in [9.17, 15) is 9.59 Å². The first-order chi connectivity index (χ1) is 11.5. The van der Waals surface area contributed by atoms with Crippen LogP contribution in [0.1, 0.15) is 16.1 Å². The fourth-order valence-electron chi connectivity index (χ4n) is 2.19. The fraction of sp³-hybridized carbons (Fsp3) is 0.111. The number of ether oxygens (including phenoxy) is 1. The molecule has 0 unspecified atom stereocenters. The van der Waals surface area contributed by atoms with Gasteiger partial charge in [0.2, 0.25) is 5.76 Å². The van der Waals surface area contributed by atoms with E-state index in [1.54, 1.807) is 30.3 Å². The summed E-state index contributed by atoms with van der Waals surface area (Å²) in [5, 5.41) is 3.81. The Labute approximate surface area is 143 Å². The van der Waals surface area contributed by atoms with Crippen LogP contribution in [-0.2, 0) is 9.53 Å². The second kappa shape index (κ2) is 6.76. The number of para-hydroxylation sites is 1. The van der Waals surface area contributed by atoms with E-state index >= 15 is 0 Å². The maximum atomic E-state index is 12.0. The van der Waals surface area contributed by atoms with Crippen molar-refractivity contribution in [2.24, 2.45) is 0 Å². The van der Waals surface area contributed by atoms with Crippen molar-refractivity contribution in [3.63, 3.8) is 0 Å². The molecule has 24 heavy (non-hydrogen) atoms. The molecular weight excluding hydrogens is 330 g/mol. The van der Waals surface area contributed by atoms with Gasteiger partial charge in [0.05, 0.1) is 10.7 Å². The topological polar surface area (TPSA) is 68.5 Å². The zero-order valence-corrected chi connectivity index (χ0v) is 13.6. The number of rotatable bonds is 4. The van der Waals surface area contributed by atoms with E-state index in [2.05, 4.69) is 5.32 Å². The van der Waals surface area contributed by atoms with Crippen LogP contribution in [0.4, 0.5) is 5.69 Å². The molecule has 1 amide bonds. The Kier molecular flexibility index (Phi) is 4.53. The lowest BCUT2D eigenvalue weighted by atomic mass is 10.2. The van der Waals surface area contributed by atoms with Crippen LogP contribution in [0.5, 0.6) is 0 Å². The highest BCUT2D eigenvalue weighted by molar-refractivity contribution is 6.33. The van der Waals surface area contributed by atoms with Crippen molar-refractivity contribution in [1.82, 2.24) is 0 Å². The number of hydrogen-bond donors (Lipinski definition) is 1.